The molecule has 0 spiro atoms. The van der Waals surface area contributed by atoms with Crippen molar-refractivity contribution in [2.75, 3.05) is 11.9 Å². The lowest BCUT2D eigenvalue weighted by molar-refractivity contribution is 0.300. The Bertz CT molecular complexity index is 591. The van der Waals surface area contributed by atoms with Gasteiger partial charge in [-0.15, -0.1) is 0 Å². The smallest absolute Gasteiger partial charge is 0.224 e. The fourth-order valence-electron chi connectivity index (χ4n) is 2.96. The minimum atomic E-state index is 0.309. The fraction of sp³-hybridized carbons (Fsp3) is 0.500. The van der Waals surface area contributed by atoms with Crippen LogP contribution in [0.25, 0.3) is 10.9 Å². The Kier molecular flexibility index (Phi) is 4.06. The van der Waals surface area contributed by atoms with Crippen LogP contribution in [0.1, 0.15) is 32.6 Å². The summed E-state index contributed by atoms with van der Waals surface area (Å²) in [6.07, 6.45) is 5.31. The first kappa shape index (κ1) is 13.6. The van der Waals surface area contributed by atoms with Gasteiger partial charge in [0.15, 0.2) is 0 Å². The van der Waals surface area contributed by atoms with E-state index in [0.717, 1.165) is 35.1 Å². The van der Waals surface area contributed by atoms with E-state index in [1.165, 1.54) is 25.7 Å². The van der Waals surface area contributed by atoms with Crippen molar-refractivity contribution in [3.63, 3.8) is 0 Å². The Morgan fingerprint density at radius 3 is 2.70 bits per heavy atom. The number of nitrogens with one attached hydrogen (secondary N) is 1. The molecule has 1 aliphatic rings. The largest absolute Gasteiger partial charge is 0.369 e. The van der Waals surface area contributed by atoms with Crippen LogP contribution in [-0.4, -0.2) is 16.5 Å². The molecule has 3 nitrogen and oxygen atoms in total. The first-order valence-electron chi connectivity index (χ1n) is 7.38. The van der Waals surface area contributed by atoms with Crippen molar-refractivity contribution < 1.29 is 0 Å². The Morgan fingerprint density at radius 1 is 1.15 bits per heavy atom. The molecular formula is C16H20ClN3. The van der Waals surface area contributed by atoms with Crippen molar-refractivity contribution in [2.24, 2.45) is 11.8 Å². The predicted octanol–water partition coefficient (Wildman–Crippen LogP) is 4.52. The molecule has 20 heavy (non-hydrogen) atoms. The van der Waals surface area contributed by atoms with Crippen LogP contribution in [0.5, 0.6) is 0 Å². The van der Waals surface area contributed by atoms with E-state index >= 15 is 0 Å². The van der Waals surface area contributed by atoms with Crippen molar-refractivity contribution >= 4 is 28.3 Å². The number of para-hydroxylation sites is 1. The number of fused-ring (bicyclic) bond motifs is 1. The van der Waals surface area contributed by atoms with Gasteiger partial charge in [0.1, 0.15) is 5.82 Å². The molecule has 2 aromatic rings. The summed E-state index contributed by atoms with van der Waals surface area (Å²) in [5, 5.41) is 4.83. The van der Waals surface area contributed by atoms with Gasteiger partial charge in [0, 0.05) is 11.9 Å². The Labute approximate surface area is 124 Å². The summed E-state index contributed by atoms with van der Waals surface area (Å²) in [7, 11) is 0. The van der Waals surface area contributed by atoms with Crippen molar-refractivity contribution in [1.29, 1.82) is 0 Å². The van der Waals surface area contributed by atoms with Gasteiger partial charge in [-0.2, -0.15) is 0 Å². The zero-order valence-corrected chi connectivity index (χ0v) is 12.5. The Morgan fingerprint density at radius 2 is 1.90 bits per heavy atom. The van der Waals surface area contributed by atoms with Gasteiger partial charge in [0.2, 0.25) is 5.28 Å². The highest BCUT2D eigenvalue weighted by atomic mass is 35.5. The topological polar surface area (TPSA) is 37.8 Å². The molecule has 1 saturated carbocycles. The maximum atomic E-state index is 6.00. The average Bonchev–Trinajstić information content (AvgIpc) is 2.46. The molecule has 1 N–H and O–H groups in total. The summed E-state index contributed by atoms with van der Waals surface area (Å²) in [4.78, 5) is 8.60. The number of hydrogen-bond acceptors (Lipinski definition) is 3. The zero-order valence-electron chi connectivity index (χ0n) is 11.8. The second-order valence-corrected chi connectivity index (χ2v) is 6.20. The molecule has 3 rings (SSSR count). The van der Waals surface area contributed by atoms with E-state index in [1.807, 2.05) is 24.3 Å². The van der Waals surface area contributed by atoms with Gasteiger partial charge in [-0.25, -0.2) is 9.97 Å². The van der Waals surface area contributed by atoms with Crippen molar-refractivity contribution in [2.45, 2.75) is 32.6 Å². The molecular weight excluding hydrogens is 270 g/mol. The lowest BCUT2D eigenvalue weighted by atomic mass is 9.83. The number of hydrogen-bond donors (Lipinski definition) is 1. The summed E-state index contributed by atoms with van der Waals surface area (Å²) in [6.45, 7) is 3.32. The van der Waals surface area contributed by atoms with Crippen LogP contribution in [0.2, 0.25) is 5.28 Å². The molecule has 0 aliphatic heterocycles. The van der Waals surface area contributed by atoms with Crippen LogP contribution in [0, 0.1) is 11.8 Å². The molecule has 0 saturated heterocycles. The fourth-order valence-corrected chi connectivity index (χ4v) is 3.13. The van der Waals surface area contributed by atoms with Gasteiger partial charge in [0.05, 0.1) is 5.52 Å². The molecule has 0 amide bonds. The minimum Gasteiger partial charge on any atom is -0.369 e. The lowest BCUT2D eigenvalue weighted by Gasteiger charge is -2.26. The number of benzene rings is 1. The van der Waals surface area contributed by atoms with Crippen LogP contribution >= 0.6 is 11.6 Å². The zero-order chi connectivity index (χ0) is 13.9. The number of nitrogens with zero attached hydrogens (tertiary/aromatic N) is 2. The summed E-state index contributed by atoms with van der Waals surface area (Å²) in [5.41, 5.74) is 0.896. The third-order valence-electron chi connectivity index (χ3n) is 4.27. The van der Waals surface area contributed by atoms with E-state index < -0.39 is 0 Å². The SMILES string of the molecule is C[C@H]1CC[C@H](CNc2nc(Cl)nc3ccccc23)CC1. The summed E-state index contributed by atoms with van der Waals surface area (Å²) in [5.74, 6) is 2.50. The average molecular weight is 290 g/mol. The van der Waals surface area contributed by atoms with E-state index in [0.29, 0.717) is 5.28 Å². The minimum absolute atomic E-state index is 0.309. The Hall–Kier alpha value is -1.35. The van der Waals surface area contributed by atoms with E-state index in [1.54, 1.807) is 0 Å². The van der Waals surface area contributed by atoms with Gasteiger partial charge in [-0.05, 0) is 48.4 Å². The van der Waals surface area contributed by atoms with E-state index in [-0.39, 0.29) is 0 Å². The highest BCUT2D eigenvalue weighted by Crippen LogP contribution is 2.29. The molecule has 106 valence electrons. The van der Waals surface area contributed by atoms with Crippen molar-refractivity contribution in [1.82, 2.24) is 9.97 Å². The second-order valence-electron chi connectivity index (χ2n) is 5.87. The van der Waals surface area contributed by atoms with Crippen LogP contribution in [0.4, 0.5) is 5.82 Å². The van der Waals surface area contributed by atoms with Crippen LogP contribution in [0.3, 0.4) is 0 Å². The molecule has 0 atom stereocenters. The molecule has 0 radical (unpaired) electrons. The number of halogens is 1. The van der Waals surface area contributed by atoms with Crippen molar-refractivity contribution in [3.05, 3.63) is 29.5 Å². The Balaban J connectivity index is 1.74. The van der Waals surface area contributed by atoms with Crippen LogP contribution in [0.15, 0.2) is 24.3 Å². The lowest BCUT2D eigenvalue weighted by Crippen LogP contribution is -2.20. The van der Waals surface area contributed by atoms with E-state index in [9.17, 15) is 0 Å². The predicted molar refractivity (Wildman–Crippen MR) is 84.2 cm³/mol. The maximum Gasteiger partial charge on any atom is 0.224 e. The van der Waals surface area contributed by atoms with E-state index in [2.05, 4.69) is 22.2 Å². The molecule has 1 fully saturated rings. The van der Waals surface area contributed by atoms with Crippen LogP contribution in [-0.2, 0) is 0 Å². The highest BCUT2D eigenvalue weighted by Gasteiger charge is 2.18. The second kappa shape index (κ2) is 5.96. The summed E-state index contributed by atoms with van der Waals surface area (Å²) >= 11 is 6.00. The van der Waals surface area contributed by atoms with Gasteiger partial charge in [-0.3, -0.25) is 0 Å². The molecule has 1 aliphatic carbocycles. The first-order valence-corrected chi connectivity index (χ1v) is 7.76. The molecule has 4 heteroatoms. The monoisotopic (exact) mass is 289 g/mol. The van der Waals surface area contributed by atoms with Crippen LogP contribution < -0.4 is 5.32 Å². The van der Waals surface area contributed by atoms with Gasteiger partial charge >= 0.3 is 0 Å². The number of aromatic nitrogens is 2. The van der Waals surface area contributed by atoms with E-state index in [4.69, 9.17) is 11.6 Å². The number of anilines is 1. The quantitative estimate of drug-likeness (QED) is 0.844. The summed E-state index contributed by atoms with van der Waals surface area (Å²) < 4.78 is 0. The molecule has 0 unspecified atom stereocenters. The molecule has 1 aromatic heterocycles. The maximum absolute atomic E-state index is 6.00. The normalized spacial score (nSPS) is 22.9. The van der Waals surface area contributed by atoms with Crippen molar-refractivity contribution in [3.8, 4) is 0 Å². The third kappa shape index (κ3) is 3.04. The molecule has 1 aromatic carbocycles. The molecule has 1 heterocycles. The third-order valence-corrected chi connectivity index (χ3v) is 4.44. The standard InChI is InChI=1S/C16H20ClN3/c1-11-6-8-12(9-7-11)10-18-15-13-4-2-3-5-14(13)19-16(17)20-15/h2-5,11-12H,6-10H2,1H3,(H,18,19,20)/t11-,12-. The van der Waals surface area contributed by atoms with Gasteiger partial charge < -0.3 is 5.32 Å². The van der Waals surface area contributed by atoms with Gasteiger partial charge in [0.25, 0.3) is 0 Å². The first-order chi connectivity index (χ1) is 9.72. The highest BCUT2D eigenvalue weighted by molar-refractivity contribution is 6.28. The summed E-state index contributed by atoms with van der Waals surface area (Å²) in [6, 6.07) is 7.98. The number of rotatable bonds is 3. The van der Waals surface area contributed by atoms with Gasteiger partial charge in [-0.1, -0.05) is 31.9 Å². The molecule has 0 bridgehead atoms.